The predicted molar refractivity (Wildman–Crippen MR) is 136 cm³/mol. The molecule has 5 aliphatic rings. The Hall–Kier alpha value is -2.72. The van der Waals surface area contributed by atoms with E-state index in [1.54, 1.807) is 25.5 Å². The average Bonchev–Trinajstić information content (AvgIpc) is 3.36. The van der Waals surface area contributed by atoms with E-state index in [0.717, 1.165) is 5.56 Å². The first-order chi connectivity index (χ1) is 18.8. The lowest BCUT2D eigenvalue weighted by molar-refractivity contribution is -0.232. The highest BCUT2D eigenvalue weighted by atomic mass is 16.6. The number of carbonyl (C=O) groups is 4. The summed E-state index contributed by atoms with van der Waals surface area (Å²) in [6, 6.07) is 1.80. The maximum Gasteiger partial charge on any atom is 0.335 e. The van der Waals surface area contributed by atoms with E-state index in [2.05, 4.69) is 6.92 Å². The summed E-state index contributed by atoms with van der Waals surface area (Å²) in [7, 11) is 1.20. The molecule has 0 aromatic carbocycles. The van der Waals surface area contributed by atoms with Crippen LogP contribution in [0.25, 0.3) is 0 Å². The number of Topliss-reactive ketones (excluding diaryl/α,β-unsaturated/α-hetero) is 1. The number of epoxide rings is 1. The first kappa shape index (κ1) is 27.4. The number of aliphatic hydroxyl groups is 1. The molecule has 2 bridgehead atoms. The number of ether oxygens (including phenoxy) is 4. The van der Waals surface area contributed by atoms with Crippen LogP contribution in [0.4, 0.5) is 0 Å². The van der Waals surface area contributed by atoms with Gasteiger partial charge in [-0.15, -0.1) is 0 Å². The predicted octanol–water partition coefficient (Wildman–Crippen LogP) is 3.15. The van der Waals surface area contributed by atoms with Gasteiger partial charge in [0.2, 0.25) is 0 Å². The van der Waals surface area contributed by atoms with Crippen molar-refractivity contribution in [2.75, 3.05) is 7.11 Å². The van der Waals surface area contributed by atoms with Gasteiger partial charge in [-0.25, -0.2) is 4.79 Å². The van der Waals surface area contributed by atoms with Crippen molar-refractivity contribution in [2.24, 2.45) is 39.9 Å². The molecule has 2 aliphatic heterocycles. The molecule has 3 aliphatic carbocycles. The van der Waals surface area contributed by atoms with Crippen molar-refractivity contribution in [3.05, 3.63) is 24.2 Å². The van der Waals surface area contributed by atoms with Gasteiger partial charge in [-0.2, -0.15) is 0 Å². The fourth-order valence-electron chi connectivity index (χ4n) is 9.73. The third-order valence-corrected chi connectivity index (χ3v) is 11.3. The normalized spacial score (nSPS) is 45.2. The van der Waals surface area contributed by atoms with Crippen molar-refractivity contribution >= 4 is 23.7 Å². The Morgan fingerprint density at radius 2 is 1.90 bits per heavy atom. The van der Waals surface area contributed by atoms with Crippen LogP contribution in [-0.4, -0.2) is 59.8 Å². The van der Waals surface area contributed by atoms with Gasteiger partial charge < -0.3 is 28.5 Å². The second kappa shape index (κ2) is 8.64. The molecule has 1 N–H and O–H groups in total. The molecule has 11 atom stereocenters. The molecule has 10 nitrogen and oxygen atoms in total. The van der Waals surface area contributed by atoms with Gasteiger partial charge in [0.15, 0.2) is 6.10 Å². The highest BCUT2D eigenvalue weighted by Gasteiger charge is 2.86. The van der Waals surface area contributed by atoms with Gasteiger partial charge in [-0.1, -0.05) is 34.6 Å². The zero-order valence-corrected chi connectivity index (χ0v) is 23.8. The molecule has 1 aromatic heterocycles. The zero-order chi connectivity index (χ0) is 29.0. The summed E-state index contributed by atoms with van der Waals surface area (Å²) >= 11 is 0. The molecule has 5 fully saturated rings. The largest absolute Gasteiger partial charge is 0.472 e. The van der Waals surface area contributed by atoms with Crippen molar-refractivity contribution in [2.45, 2.75) is 90.3 Å². The van der Waals surface area contributed by atoms with E-state index in [1.807, 2.05) is 20.8 Å². The minimum atomic E-state index is -1.63. The lowest BCUT2D eigenvalue weighted by Gasteiger charge is -2.65. The number of fused-ring (bicyclic) bond motifs is 5. The number of rotatable bonds is 5. The van der Waals surface area contributed by atoms with Crippen molar-refractivity contribution in [1.82, 2.24) is 0 Å². The van der Waals surface area contributed by atoms with Crippen LogP contribution in [0.5, 0.6) is 0 Å². The second-order valence-electron chi connectivity index (χ2n) is 13.4. The van der Waals surface area contributed by atoms with Gasteiger partial charge in [-0.05, 0) is 18.9 Å². The van der Waals surface area contributed by atoms with Gasteiger partial charge in [-0.3, -0.25) is 14.4 Å². The number of hydrogen-bond acceptors (Lipinski definition) is 10. The summed E-state index contributed by atoms with van der Waals surface area (Å²) in [5.74, 6) is -4.28. The summed E-state index contributed by atoms with van der Waals surface area (Å²) in [6.45, 7) is 9.27. The van der Waals surface area contributed by atoms with Crippen LogP contribution in [-0.2, 0) is 38.1 Å². The summed E-state index contributed by atoms with van der Waals surface area (Å²) in [6.07, 6.45) is 0.859. The number of esters is 3. The van der Waals surface area contributed by atoms with E-state index in [9.17, 15) is 24.3 Å². The quantitative estimate of drug-likeness (QED) is 0.325. The Morgan fingerprint density at radius 1 is 1.18 bits per heavy atom. The SMILES string of the molecule is CCC(=O)O[C@H]1[C@H]2C(=O)[C@](C)([C@H]3CC[C@]4(C)[C@@H](CC(=O)O[C@H]4c4ccoc4)[C@]34O[C@H]24)[C@@H]([C@@H](O)C(=O)OC)C1(C)C. The molecule has 40 heavy (non-hydrogen) atoms. The van der Waals surface area contributed by atoms with Gasteiger partial charge in [0.25, 0.3) is 0 Å². The number of methoxy groups -OCH3 is 1. The molecular formula is C30H38O10. The van der Waals surface area contributed by atoms with Crippen LogP contribution in [0.15, 0.2) is 23.0 Å². The first-order valence-corrected chi connectivity index (χ1v) is 14.2. The van der Waals surface area contributed by atoms with Crippen molar-refractivity contribution in [3.8, 4) is 0 Å². The second-order valence-corrected chi connectivity index (χ2v) is 13.4. The molecule has 3 heterocycles. The van der Waals surface area contributed by atoms with E-state index in [1.165, 1.54) is 7.11 Å². The van der Waals surface area contributed by atoms with Gasteiger partial charge >= 0.3 is 17.9 Å². The van der Waals surface area contributed by atoms with E-state index >= 15 is 0 Å². The smallest absolute Gasteiger partial charge is 0.335 e. The Kier molecular flexibility index (Phi) is 5.93. The Labute approximate surface area is 233 Å². The standard InChI is InChI=1S/C30H38O10/c1-7-17(31)38-24-19-22(34)29(5,21(27(24,2)3)20(33)26(35)36-6)15-8-10-28(4)16(30(15)25(19)40-30)12-18(32)39-23(28)14-9-11-37-13-14/h9,11,13,15-16,19-21,23-25,33H,7-8,10,12H2,1-6H3/t15-,16-,19-,20-,21+,23+,24+,25-,28-,29-,30-/m1/s1. The monoisotopic (exact) mass is 558 g/mol. The van der Waals surface area contributed by atoms with E-state index in [-0.39, 0.29) is 36.4 Å². The number of hydrogen-bond donors (Lipinski definition) is 1. The summed E-state index contributed by atoms with van der Waals surface area (Å²) < 4.78 is 28.9. The van der Waals surface area contributed by atoms with Gasteiger partial charge in [0, 0.05) is 46.0 Å². The minimum absolute atomic E-state index is 0.104. The molecule has 0 amide bonds. The van der Waals surface area contributed by atoms with E-state index < -0.39 is 70.0 Å². The van der Waals surface area contributed by atoms with Crippen LogP contribution in [0.3, 0.4) is 0 Å². The zero-order valence-electron chi connectivity index (χ0n) is 23.8. The van der Waals surface area contributed by atoms with Gasteiger partial charge in [0.05, 0.1) is 32.0 Å². The topological polar surface area (TPSA) is 142 Å². The van der Waals surface area contributed by atoms with E-state index in [4.69, 9.17) is 23.4 Å². The lowest BCUT2D eigenvalue weighted by Crippen LogP contribution is -2.74. The van der Waals surface area contributed by atoms with Crippen LogP contribution >= 0.6 is 0 Å². The third kappa shape index (κ3) is 3.23. The molecule has 1 spiro atoms. The maximum absolute atomic E-state index is 14.5. The molecule has 0 unspecified atom stereocenters. The Balaban J connectivity index is 1.52. The molecule has 3 saturated carbocycles. The number of furan rings is 1. The molecule has 10 heteroatoms. The maximum atomic E-state index is 14.5. The summed E-state index contributed by atoms with van der Waals surface area (Å²) in [5.41, 5.74) is -2.83. The number of carbonyl (C=O) groups excluding carboxylic acids is 4. The van der Waals surface area contributed by atoms with E-state index in [0.29, 0.717) is 12.8 Å². The fraction of sp³-hybridized carbons (Fsp3) is 0.733. The van der Waals surface area contributed by atoms with Crippen LogP contribution in [0, 0.1) is 39.9 Å². The Bertz CT molecular complexity index is 1250. The van der Waals surface area contributed by atoms with Crippen LogP contribution in [0.2, 0.25) is 0 Å². The number of cyclic esters (lactones) is 1. The van der Waals surface area contributed by atoms with Crippen molar-refractivity contribution in [1.29, 1.82) is 0 Å². The highest BCUT2D eigenvalue weighted by molar-refractivity contribution is 5.94. The number of ketones is 1. The first-order valence-electron chi connectivity index (χ1n) is 14.2. The molecule has 1 aromatic rings. The van der Waals surface area contributed by atoms with Crippen LogP contribution < -0.4 is 0 Å². The van der Waals surface area contributed by atoms with Crippen molar-refractivity contribution in [3.63, 3.8) is 0 Å². The highest BCUT2D eigenvalue weighted by Crippen LogP contribution is 2.77. The average molecular weight is 559 g/mol. The summed E-state index contributed by atoms with van der Waals surface area (Å²) in [5, 5.41) is 11.5. The summed E-state index contributed by atoms with van der Waals surface area (Å²) in [4.78, 5) is 53.2. The molecule has 6 rings (SSSR count). The van der Waals surface area contributed by atoms with Crippen LogP contribution in [0.1, 0.15) is 72.0 Å². The van der Waals surface area contributed by atoms with Gasteiger partial charge in [0.1, 0.15) is 29.7 Å². The lowest BCUT2D eigenvalue weighted by atomic mass is 9.37. The fourth-order valence-corrected chi connectivity index (χ4v) is 9.73. The minimum Gasteiger partial charge on any atom is -0.472 e. The molecular weight excluding hydrogens is 520 g/mol. The van der Waals surface area contributed by atoms with Crippen molar-refractivity contribution < 1.29 is 47.6 Å². The number of aliphatic hydroxyl groups excluding tert-OH is 1. The third-order valence-electron chi connectivity index (χ3n) is 11.3. The molecule has 0 radical (unpaired) electrons. The molecule has 2 saturated heterocycles. The Morgan fingerprint density at radius 3 is 2.52 bits per heavy atom. The molecule has 218 valence electrons.